The van der Waals surface area contributed by atoms with Crippen LogP contribution < -0.4 is 5.32 Å². The summed E-state index contributed by atoms with van der Waals surface area (Å²) in [7, 11) is -3.24. The number of piperidine rings is 1. The molecule has 2 atom stereocenters. The van der Waals surface area contributed by atoms with E-state index in [1.54, 1.807) is 12.1 Å². The highest BCUT2D eigenvalue weighted by molar-refractivity contribution is 7.91. The van der Waals surface area contributed by atoms with Gasteiger partial charge in [0.15, 0.2) is 9.84 Å². The van der Waals surface area contributed by atoms with Crippen LogP contribution in [0.5, 0.6) is 0 Å². The summed E-state index contributed by atoms with van der Waals surface area (Å²) in [5.74, 6) is 0.110. The summed E-state index contributed by atoms with van der Waals surface area (Å²) < 4.78 is 25.2. The molecule has 0 bridgehead atoms. The molecule has 0 radical (unpaired) electrons. The fourth-order valence-electron chi connectivity index (χ4n) is 3.99. The van der Waals surface area contributed by atoms with Crippen molar-refractivity contribution >= 4 is 15.5 Å². The molecule has 1 aromatic rings. The Balaban J connectivity index is 2.23. The van der Waals surface area contributed by atoms with Crippen molar-refractivity contribution in [3.63, 3.8) is 0 Å². The number of hydrogen-bond acceptors (Lipinski definition) is 6. The zero-order valence-electron chi connectivity index (χ0n) is 15.7. The van der Waals surface area contributed by atoms with Gasteiger partial charge in [-0.1, -0.05) is 19.1 Å². The van der Waals surface area contributed by atoms with Crippen LogP contribution in [0.2, 0.25) is 0 Å². The van der Waals surface area contributed by atoms with Crippen molar-refractivity contribution in [1.29, 1.82) is 0 Å². The van der Waals surface area contributed by atoms with Crippen molar-refractivity contribution in [2.75, 3.05) is 25.9 Å². The largest absolute Gasteiger partial charge is 0.317 e. The molecular weight excluding hydrogens is 354 g/mol. The lowest BCUT2D eigenvalue weighted by atomic mass is 9.95. The number of likely N-dealkylation sites (N-methyl/N-ethyl adjacent to an activating group) is 1. The van der Waals surface area contributed by atoms with E-state index in [1.807, 2.05) is 24.8 Å². The Kier molecular flexibility index (Phi) is 7.14. The highest BCUT2D eigenvalue weighted by atomic mass is 32.2. The molecule has 1 aromatic carbocycles. The van der Waals surface area contributed by atoms with E-state index in [4.69, 9.17) is 0 Å². The summed E-state index contributed by atoms with van der Waals surface area (Å²) in [6, 6.07) is 6.55. The minimum absolute atomic E-state index is 0.0309. The Morgan fingerprint density at radius 2 is 2.00 bits per heavy atom. The molecule has 0 amide bonds. The summed E-state index contributed by atoms with van der Waals surface area (Å²) >= 11 is 0. The van der Waals surface area contributed by atoms with Gasteiger partial charge < -0.3 is 5.32 Å². The standard InChI is InChI=1S/C18H29N3O4S/c1-4-20(18(26(3,24)25)16-8-10-19-11-9-16)14(2)12-15-6-5-7-17(13-15)21(22)23/h5-7,13-14,16,18-19H,4,8-12H2,1-3H3. The second kappa shape index (κ2) is 8.92. The van der Waals surface area contributed by atoms with Crippen LogP contribution in [0, 0.1) is 16.0 Å². The molecule has 0 saturated carbocycles. The van der Waals surface area contributed by atoms with E-state index in [1.165, 1.54) is 12.3 Å². The van der Waals surface area contributed by atoms with Gasteiger partial charge in [-0.05, 0) is 57.3 Å². The summed E-state index contributed by atoms with van der Waals surface area (Å²) in [6.07, 6.45) is 3.59. The molecule has 2 unspecified atom stereocenters. The lowest BCUT2D eigenvalue weighted by molar-refractivity contribution is -0.384. The van der Waals surface area contributed by atoms with E-state index in [0.717, 1.165) is 31.5 Å². The number of hydrogen-bond donors (Lipinski definition) is 1. The molecule has 1 aliphatic heterocycles. The number of non-ortho nitro benzene ring substituents is 1. The maximum Gasteiger partial charge on any atom is 0.269 e. The highest BCUT2D eigenvalue weighted by Gasteiger charge is 2.37. The van der Waals surface area contributed by atoms with Gasteiger partial charge >= 0.3 is 0 Å². The molecule has 26 heavy (non-hydrogen) atoms. The van der Waals surface area contributed by atoms with Crippen molar-refractivity contribution in [2.45, 2.75) is 44.5 Å². The first-order valence-corrected chi connectivity index (χ1v) is 11.1. The topological polar surface area (TPSA) is 92.5 Å². The number of nitrogens with zero attached hydrogens (tertiary/aromatic N) is 2. The molecule has 8 heteroatoms. The Morgan fingerprint density at radius 3 is 2.54 bits per heavy atom. The van der Waals surface area contributed by atoms with Gasteiger partial charge in [-0.2, -0.15) is 0 Å². The first kappa shape index (κ1) is 20.8. The number of nitro groups is 1. The van der Waals surface area contributed by atoms with Crippen LogP contribution in [0.1, 0.15) is 32.3 Å². The van der Waals surface area contributed by atoms with E-state index in [2.05, 4.69) is 5.32 Å². The molecule has 1 saturated heterocycles. The summed E-state index contributed by atoms with van der Waals surface area (Å²) in [5.41, 5.74) is 0.915. The maximum absolute atomic E-state index is 12.6. The van der Waals surface area contributed by atoms with Gasteiger partial charge in [0.2, 0.25) is 0 Å². The fraction of sp³-hybridized carbons (Fsp3) is 0.667. The predicted molar refractivity (Wildman–Crippen MR) is 103 cm³/mol. The van der Waals surface area contributed by atoms with Crippen molar-refractivity contribution in [2.24, 2.45) is 5.92 Å². The van der Waals surface area contributed by atoms with Crippen LogP contribution in [-0.4, -0.2) is 55.5 Å². The molecule has 1 fully saturated rings. The third-order valence-corrected chi connectivity index (χ3v) is 6.67. The average Bonchev–Trinajstić information content (AvgIpc) is 2.59. The fourth-order valence-corrected chi connectivity index (χ4v) is 5.81. The Labute approximate surface area is 155 Å². The van der Waals surface area contributed by atoms with Gasteiger partial charge in [0, 0.05) is 24.4 Å². The Hall–Kier alpha value is -1.51. The van der Waals surface area contributed by atoms with Gasteiger partial charge in [0.1, 0.15) is 5.37 Å². The number of benzene rings is 1. The zero-order valence-corrected chi connectivity index (χ0v) is 16.5. The SMILES string of the molecule is CCN(C(C)Cc1cccc([N+](=O)[O-])c1)C(C1CCNCC1)S(C)(=O)=O. The monoisotopic (exact) mass is 383 g/mol. The third-order valence-electron chi connectivity index (χ3n) is 5.14. The maximum atomic E-state index is 12.6. The van der Waals surface area contributed by atoms with Crippen molar-refractivity contribution in [3.05, 3.63) is 39.9 Å². The van der Waals surface area contributed by atoms with Gasteiger partial charge in [0.05, 0.1) is 4.92 Å². The summed E-state index contributed by atoms with van der Waals surface area (Å²) in [6.45, 7) is 6.28. The average molecular weight is 384 g/mol. The van der Waals surface area contributed by atoms with Gasteiger partial charge in [-0.3, -0.25) is 15.0 Å². The van der Waals surface area contributed by atoms with Gasteiger partial charge in [-0.15, -0.1) is 0 Å². The van der Waals surface area contributed by atoms with Crippen LogP contribution in [0.4, 0.5) is 5.69 Å². The van der Waals surface area contributed by atoms with Crippen molar-refractivity contribution < 1.29 is 13.3 Å². The Bertz CT molecular complexity index is 717. The Morgan fingerprint density at radius 1 is 1.35 bits per heavy atom. The van der Waals surface area contributed by atoms with E-state index in [0.29, 0.717) is 13.0 Å². The molecule has 0 aromatic heterocycles. The van der Waals surface area contributed by atoms with Gasteiger partial charge in [-0.25, -0.2) is 8.42 Å². The van der Waals surface area contributed by atoms with E-state index in [9.17, 15) is 18.5 Å². The highest BCUT2D eigenvalue weighted by Crippen LogP contribution is 2.27. The van der Waals surface area contributed by atoms with Crippen LogP contribution in [0.3, 0.4) is 0 Å². The van der Waals surface area contributed by atoms with Crippen LogP contribution in [0.25, 0.3) is 0 Å². The van der Waals surface area contributed by atoms with Crippen LogP contribution in [0.15, 0.2) is 24.3 Å². The first-order valence-electron chi connectivity index (χ1n) is 9.12. The molecule has 7 nitrogen and oxygen atoms in total. The molecule has 1 N–H and O–H groups in total. The zero-order chi connectivity index (χ0) is 19.3. The van der Waals surface area contributed by atoms with Crippen molar-refractivity contribution in [3.8, 4) is 0 Å². The predicted octanol–water partition coefficient (Wildman–Crippen LogP) is 2.22. The summed E-state index contributed by atoms with van der Waals surface area (Å²) in [4.78, 5) is 12.6. The number of nitrogens with one attached hydrogen (secondary N) is 1. The van der Waals surface area contributed by atoms with Crippen LogP contribution in [-0.2, 0) is 16.3 Å². The smallest absolute Gasteiger partial charge is 0.269 e. The number of nitro benzene ring substituents is 1. The second-order valence-corrected chi connectivity index (χ2v) is 9.26. The third kappa shape index (κ3) is 5.25. The second-order valence-electron chi connectivity index (χ2n) is 7.12. The normalized spacial score (nSPS) is 18.6. The minimum atomic E-state index is -3.24. The lowest BCUT2D eigenvalue weighted by Crippen LogP contribution is -2.52. The van der Waals surface area contributed by atoms with Gasteiger partial charge in [0.25, 0.3) is 5.69 Å². The quantitative estimate of drug-likeness (QED) is 0.547. The first-order chi connectivity index (χ1) is 12.2. The van der Waals surface area contributed by atoms with E-state index in [-0.39, 0.29) is 17.6 Å². The lowest BCUT2D eigenvalue weighted by Gasteiger charge is -2.40. The number of sulfone groups is 1. The van der Waals surface area contributed by atoms with Crippen LogP contribution >= 0.6 is 0 Å². The molecule has 146 valence electrons. The molecule has 0 aliphatic carbocycles. The molecule has 0 spiro atoms. The van der Waals surface area contributed by atoms with E-state index < -0.39 is 20.1 Å². The molecular formula is C18H29N3O4S. The summed E-state index contributed by atoms with van der Waals surface area (Å²) in [5, 5.41) is 13.8. The molecule has 1 aliphatic rings. The minimum Gasteiger partial charge on any atom is -0.317 e. The molecule has 1 heterocycles. The van der Waals surface area contributed by atoms with Crippen molar-refractivity contribution in [1.82, 2.24) is 10.2 Å². The van der Waals surface area contributed by atoms with E-state index >= 15 is 0 Å². The number of rotatable bonds is 8. The molecule has 2 rings (SSSR count).